The number of fused-ring (bicyclic) bond motifs is 1. The summed E-state index contributed by atoms with van der Waals surface area (Å²) in [5.41, 5.74) is 3.83. The normalized spacial score (nSPS) is 11.4. The van der Waals surface area contributed by atoms with Crippen LogP contribution in [0.1, 0.15) is 24.8 Å². The molecule has 0 saturated carbocycles. The molecule has 148 valence electrons. The van der Waals surface area contributed by atoms with Gasteiger partial charge in [-0.25, -0.2) is 4.98 Å². The van der Waals surface area contributed by atoms with Gasteiger partial charge in [-0.2, -0.15) is 4.98 Å². The molecular formula is C22H22N4O3. The Morgan fingerprint density at radius 2 is 1.90 bits per heavy atom. The monoisotopic (exact) mass is 390 g/mol. The van der Waals surface area contributed by atoms with Gasteiger partial charge in [0.25, 0.3) is 5.89 Å². The minimum absolute atomic E-state index is 0.423. The Morgan fingerprint density at radius 3 is 2.69 bits per heavy atom. The second-order valence-corrected chi connectivity index (χ2v) is 6.55. The van der Waals surface area contributed by atoms with Crippen LogP contribution >= 0.6 is 0 Å². The minimum atomic E-state index is 0.423. The molecule has 2 aromatic heterocycles. The third-order valence-corrected chi connectivity index (χ3v) is 4.61. The van der Waals surface area contributed by atoms with E-state index in [1.807, 2.05) is 48.8 Å². The molecule has 0 N–H and O–H groups in total. The van der Waals surface area contributed by atoms with E-state index in [9.17, 15) is 0 Å². The maximum atomic E-state index is 5.37. The van der Waals surface area contributed by atoms with E-state index in [4.69, 9.17) is 14.0 Å². The van der Waals surface area contributed by atoms with Crippen molar-refractivity contribution >= 4 is 23.2 Å². The summed E-state index contributed by atoms with van der Waals surface area (Å²) in [6, 6.07) is 11.7. The van der Waals surface area contributed by atoms with Gasteiger partial charge in [0.1, 0.15) is 0 Å². The fourth-order valence-corrected chi connectivity index (χ4v) is 3.17. The van der Waals surface area contributed by atoms with Crippen molar-refractivity contribution in [1.29, 1.82) is 0 Å². The molecule has 0 aliphatic rings. The first-order chi connectivity index (χ1) is 14.2. The number of imidazole rings is 1. The van der Waals surface area contributed by atoms with Crippen LogP contribution in [0.25, 0.3) is 34.6 Å². The van der Waals surface area contributed by atoms with Gasteiger partial charge in [0.15, 0.2) is 11.5 Å². The number of aromatic nitrogens is 4. The number of hydrogen-bond donors (Lipinski definition) is 0. The maximum absolute atomic E-state index is 5.37. The molecule has 7 heteroatoms. The highest BCUT2D eigenvalue weighted by Gasteiger charge is 2.10. The second kappa shape index (κ2) is 8.18. The highest BCUT2D eigenvalue weighted by Crippen LogP contribution is 2.28. The molecule has 0 atom stereocenters. The Balaban J connectivity index is 1.55. The van der Waals surface area contributed by atoms with Gasteiger partial charge >= 0.3 is 0 Å². The van der Waals surface area contributed by atoms with Crippen LogP contribution in [-0.4, -0.2) is 33.9 Å². The molecule has 0 aliphatic carbocycles. The molecule has 4 rings (SSSR count). The van der Waals surface area contributed by atoms with E-state index >= 15 is 0 Å². The summed E-state index contributed by atoms with van der Waals surface area (Å²) in [5, 5.41) is 4.09. The summed E-state index contributed by atoms with van der Waals surface area (Å²) in [5.74, 6) is 2.30. The fraction of sp³-hybridized carbons (Fsp3) is 0.227. The van der Waals surface area contributed by atoms with Gasteiger partial charge < -0.3 is 18.6 Å². The fourth-order valence-electron chi connectivity index (χ4n) is 3.17. The van der Waals surface area contributed by atoms with Gasteiger partial charge in [0, 0.05) is 18.2 Å². The molecule has 29 heavy (non-hydrogen) atoms. The number of rotatable bonds is 7. The number of benzene rings is 2. The minimum Gasteiger partial charge on any atom is -0.493 e. The number of methoxy groups -OCH3 is 2. The summed E-state index contributed by atoms with van der Waals surface area (Å²) in [6.07, 6.45) is 6.58. The third kappa shape index (κ3) is 3.85. The van der Waals surface area contributed by atoms with Crippen molar-refractivity contribution in [2.45, 2.75) is 19.9 Å². The highest BCUT2D eigenvalue weighted by atomic mass is 16.5. The molecule has 0 amide bonds. The zero-order chi connectivity index (χ0) is 20.2. The average Bonchev–Trinajstić information content (AvgIpc) is 3.39. The SMILES string of the molecule is CCCn1cnc2cc(-c3noc(/C=C/c4ccc(OC)c(OC)c4)n3)ccc21. The van der Waals surface area contributed by atoms with Crippen molar-refractivity contribution in [2.75, 3.05) is 14.2 Å². The summed E-state index contributed by atoms with van der Waals surface area (Å²) in [6.45, 7) is 3.10. The Bertz CT molecular complexity index is 1160. The van der Waals surface area contributed by atoms with Crippen molar-refractivity contribution in [3.05, 3.63) is 54.2 Å². The lowest BCUT2D eigenvalue weighted by atomic mass is 10.2. The number of aryl methyl sites for hydroxylation is 1. The Morgan fingerprint density at radius 1 is 1.03 bits per heavy atom. The van der Waals surface area contributed by atoms with Gasteiger partial charge in [-0.1, -0.05) is 18.1 Å². The summed E-state index contributed by atoms with van der Waals surface area (Å²) in [7, 11) is 3.22. The molecule has 0 bridgehead atoms. The molecule has 0 saturated heterocycles. The van der Waals surface area contributed by atoms with E-state index in [-0.39, 0.29) is 0 Å². The zero-order valence-corrected chi connectivity index (χ0v) is 16.6. The topological polar surface area (TPSA) is 75.2 Å². The lowest BCUT2D eigenvalue weighted by molar-refractivity contribution is 0.355. The first kappa shape index (κ1) is 18.7. The summed E-state index contributed by atoms with van der Waals surface area (Å²) >= 11 is 0. The van der Waals surface area contributed by atoms with E-state index in [1.54, 1.807) is 20.3 Å². The van der Waals surface area contributed by atoms with Crippen molar-refractivity contribution in [2.24, 2.45) is 0 Å². The van der Waals surface area contributed by atoms with Crippen LogP contribution in [-0.2, 0) is 6.54 Å². The zero-order valence-electron chi connectivity index (χ0n) is 16.6. The highest BCUT2D eigenvalue weighted by molar-refractivity contribution is 5.80. The van der Waals surface area contributed by atoms with E-state index in [0.29, 0.717) is 23.2 Å². The van der Waals surface area contributed by atoms with Crippen LogP contribution in [0.5, 0.6) is 11.5 Å². The Labute approximate surface area is 168 Å². The largest absolute Gasteiger partial charge is 0.493 e. The van der Waals surface area contributed by atoms with E-state index in [1.165, 1.54) is 0 Å². The molecule has 2 aromatic carbocycles. The van der Waals surface area contributed by atoms with Crippen LogP contribution in [0.15, 0.2) is 47.2 Å². The van der Waals surface area contributed by atoms with Crippen LogP contribution in [0.3, 0.4) is 0 Å². The van der Waals surface area contributed by atoms with Crippen LogP contribution in [0.2, 0.25) is 0 Å². The van der Waals surface area contributed by atoms with Crippen molar-refractivity contribution < 1.29 is 14.0 Å². The Hall–Kier alpha value is -3.61. The number of nitrogens with zero attached hydrogens (tertiary/aromatic N) is 4. The van der Waals surface area contributed by atoms with E-state index in [2.05, 4.69) is 26.6 Å². The lowest BCUT2D eigenvalue weighted by Gasteiger charge is -2.07. The third-order valence-electron chi connectivity index (χ3n) is 4.61. The van der Waals surface area contributed by atoms with Crippen molar-refractivity contribution in [1.82, 2.24) is 19.7 Å². The number of hydrogen-bond acceptors (Lipinski definition) is 6. The molecule has 4 aromatic rings. The van der Waals surface area contributed by atoms with Crippen molar-refractivity contribution in [3.63, 3.8) is 0 Å². The van der Waals surface area contributed by atoms with Crippen LogP contribution in [0.4, 0.5) is 0 Å². The van der Waals surface area contributed by atoms with Gasteiger partial charge in [0.2, 0.25) is 5.82 Å². The van der Waals surface area contributed by atoms with Gasteiger partial charge in [-0.3, -0.25) is 0 Å². The lowest BCUT2D eigenvalue weighted by Crippen LogP contribution is -1.93. The molecule has 0 aliphatic heterocycles. The van der Waals surface area contributed by atoms with Crippen molar-refractivity contribution in [3.8, 4) is 22.9 Å². The maximum Gasteiger partial charge on any atom is 0.250 e. The molecule has 2 heterocycles. The predicted molar refractivity (Wildman–Crippen MR) is 112 cm³/mol. The van der Waals surface area contributed by atoms with E-state index < -0.39 is 0 Å². The van der Waals surface area contributed by atoms with Crippen LogP contribution in [0, 0.1) is 0 Å². The number of ether oxygens (including phenoxy) is 2. The molecule has 0 unspecified atom stereocenters. The van der Waals surface area contributed by atoms with Gasteiger partial charge in [0.05, 0.1) is 31.6 Å². The molecule has 7 nitrogen and oxygen atoms in total. The smallest absolute Gasteiger partial charge is 0.250 e. The molecule has 0 spiro atoms. The van der Waals surface area contributed by atoms with Gasteiger partial charge in [-0.05, 0) is 48.4 Å². The quantitative estimate of drug-likeness (QED) is 0.456. The average molecular weight is 390 g/mol. The molecule has 0 radical (unpaired) electrons. The predicted octanol–water partition coefficient (Wildman–Crippen LogP) is 4.68. The summed E-state index contributed by atoms with van der Waals surface area (Å²) in [4.78, 5) is 8.94. The Kier molecular flexibility index (Phi) is 5.29. The van der Waals surface area contributed by atoms with Crippen LogP contribution < -0.4 is 9.47 Å². The first-order valence-corrected chi connectivity index (χ1v) is 9.41. The summed E-state index contributed by atoms with van der Waals surface area (Å²) < 4.78 is 18.1. The second-order valence-electron chi connectivity index (χ2n) is 6.55. The first-order valence-electron chi connectivity index (χ1n) is 9.41. The standard InChI is InChI=1S/C22H22N4O3/c1-4-11-26-14-23-17-13-16(7-8-18(17)26)22-24-21(29-25-22)10-6-15-5-9-19(27-2)20(12-15)28-3/h5-10,12-14H,4,11H2,1-3H3/b10-6+. The molecular weight excluding hydrogens is 368 g/mol. The molecule has 0 fully saturated rings. The van der Waals surface area contributed by atoms with E-state index in [0.717, 1.165) is 35.1 Å². The van der Waals surface area contributed by atoms with Gasteiger partial charge in [-0.15, -0.1) is 0 Å².